The highest BCUT2D eigenvalue weighted by Crippen LogP contribution is 2.34. The third-order valence-electron chi connectivity index (χ3n) is 7.75. The fraction of sp³-hybridized carbons (Fsp3) is 0.278. The molecule has 1 N–H and O–H groups in total. The Morgan fingerprint density at radius 2 is 1.57 bits per heavy atom. The third-order valence-corrected chi connectivity index (χ3v) is 7.75. The lowest BCUT2D eigenvalue weighted by molar-refractivity contribution is -0.114. The zero-order chi connectivity index (χ0) is 29.6. The van der Waals surface area contributed by atoms with Crippen molar-refractivity contribution in [3.63, 3.8) is 0 Å². The number of amides is 1. The average Bonchev–Trinajstić information content (AvgIpc) is 2.99. The highest BCUT2D eigenvalue weighted by atomic mass is 16.5. The zero-order valence-corrected chi connectivity index (χ0v) is 24.8. The van der Waals surface area contributed by atoms with Crippen molar-refractivity contribution in [2.75, 3.05) is 32.6 Å². The number of rotatable bonds is 9. The Balaban J connectivity index is 1.31. The van der Waals surface area contributed by atoms with E-state index in [1.54, 1.807) is 7.11 Å². The molecular formula is C36H38N2O4. The van der Waals surface area contributed by atoms with Gasteiger partial charge in [-0.15, -0.1) is 0 Å². The third kappa shape index (κ3) is 7.07. The SMILES string of the molecule is COc1ccc(C(=O)Cc2ccc(-c3ccc(OC4CCN(C)CC4)c(NC(C)=O)c3)cc2)cc1-c1cccc(C)c1. The minimum absolute atomic E-state index is 0.0441. The summed E-state index contributed by atoms with van der Waals surface area (Å²) in [6.45, 7) is 5.55. The van der Waals surface area contributed by atoms with Crippen LogP contribution < -0.4 is 14.8 Å². The van der Waals surface area contributed by atoms with E-state index in [9.17, 15) is 9.59 Å². The van der Waals surface area contributed by atoms with Crippen molar-refractivity contribution in [2.45, 2.75) is 39.2 Å². The molecule has 0 bridgehead atoms. The number of methoxy groups -OCH3 is 1. The summed E-state index contributed by atoms with van der Waals surface area (Å²) in [6.07, 6.45) is 2.35. The Bertz CT molecular complexity index is 1570. The highest BCUT2D eigenvalue weighted by Gasteiger charge is 2.20. The normalized spacial score (nSPS) is 13.9. The van der Waals surface area contributed by atoms with Crippen molar-refractivity contribution in [1.82, 2.24) is 4.90 Å². The number of likely N-dealkylation sites (tertiary alicyclic amines) is 1. The fourth-order valence-electron chi connectivity index (χ4n) is 5.40. The van der Waals surface area contributed by atoms with Crippen LogP contribution in [0.4, 0.5) is 5.69 Å². The van der Waals surface area contributed by atoms with Gasteiger partial charge in [0.15, 0.2) is 5.78 Å². The quantitative estimate of drug-likeness (QED) is 0.219. The Kier molecular flexibility index (Phi) is 9.03. The van der Waals surface area contributed by atoms with Gasteiger partial charge in [0, 0.05) is 37.6 Å². The molecule has 42 heavy (non-hydrogen) atoms. The highest BCUT2D eigenvalue weighted by molar-refractivity contribution is 5.99. The maximum atomic E-state index is 13.3. The molecule has 1 aliphatic rings. The molecule has 5 rings (SSSR count). The summed E-state index contributed by atoms with van der Waals surface area (Å²) in [5, 5.41) is 2.94. The van der Waals surface area contributed by atoms with Crippen molar-refractivity contribution < 1.29 is 19.1 Å². The van der Waals surface area contributed by atoms with E-state index < -0.39 is 0 Å². The van der Waals surface area contributed by atoms with Gasteiger partial charge in [0.25, 0.3) is 0 Å². The van der Waals surface area contributed by atoms with E-state index in [2.05, 4.69) is 23.3 Å². The van der Waals surface area contributed by atoms with Crippen LogP contribution in [0, 0.1) is 6.92 Å². The monoisotopic (exact) mass is 562 g/mol. The number of Topliss-reactive ketones (excluding diaryl/α,β-unsaturated/α-hetero) is 1. The maximum absolute atomic E-state index is 13.3. The zero-order valence-electron chi connectivity index (χ0n) is 24.8. The molecule has 6 nitrogen and oxygen atoms in total. The lowest BCUT2D eigenvalue weighted by Crippen LogP contribution is -2.35. The van der Waals surface area contributed by atoms with Crippen molar-refractivity contribution >= 4 is 17.4 Å². The van der Waals surface area contributed by atoms with Crippen LogP contribution in [-0.2, 0) is 11.2 Å². The van der Waals surface area contributed by atoms with Crippen molar-refractivity contribution in [3.8, 4) is 33.8 Å². The topological polar surface area (TPSA) is 67.9 Å². The molecule has 1 aliphatic heterocycles. The van der Waals surface area contributed by atoms with E-state index in [1.165, 1.54) is 6.92 Å². The van der Waals surface area contributed by atoms with Crippen LogP contribution in [-0.4, -0.2) is 49.9 Å². The van der Waals surface area contributed by atoms with Gasteiger partial charge in [-0.1, -0.05) is 60.2 Å². The summed E-state index contributed by atoms with van der Waals surface area (Å²) in [7, 11) is 3.77. The first-order valence-electron chi connectivity index (χ1n) is 14.4. The van der Waals surface area contributed by atoms with Crippen molar-refractivity contribution in [3.05, 3.63) is 102 Å². The minimum atomic E-state index is -0.140. The molecule has 1 saturated heterocycles. The first-order chi connectivity index (χ1) is 20.3. The van der Waals surface area contributed by atoms with Crippen LogP contribution in [0.3, 0.4) is 0 Å². The van der Waals surface area contributed by atoms with Gasteiger partial charge in [0.05, 0.1) is 12.8 Å². The Morgan fingerprint density at radius 3 is 2.26 bits per heavy atom. The van der Waals surface area contributed by atoms with Crippen molar-refractivity contribution in [1.29, 1.82) is 0 Å². The lowest BCUT2D eigenvalue weighted by Gasteiger charge is -2.30. The summed E-state index contributed by atoms with van der Waals surface area (Å²) < 4.78 is 11.9. The predicted octanol–water partition coefficient (Wildman–Crippen LogP) is 7.19. The summed E-state index contributed by atoms with van der Waals surface area (Å²) in [5.74, 6) is 1.33. The molecular weight excluding hydrogens is 524 g/mol. The van der Waals surface area contributed by atoms with Gasteiger partial charge >= 0.3 is 0 Å². The summed E-state index contributed by atoms with van der Waals surface area (Å²) in [5.41, 5.74) is 7.28. The first-order valence-corrected chi connectivity index (χ1v) is 14.4. The number of nitrogens with one attached hydrogen (secondary N) is 1. The number of ether oxygens (including phenoxy) is 2. The molecule has 0 aliphatic carbocycles. The molecule has 0 saturated carbocycles. The van der Waals surface area contributed by atoms with Crippen LogP contribution in [0.25, 0.3) is 22.3 Å². The number of nitrogens with zero attached hydrogens (tertiary/aromatic N) is 1. The molecule has 0 spiro atoms. The van der Waals surface area contributed by atoms with E-state index in [0.29, 0.717) is 23.4 Å². The predicted molar refractivity (Wildman–Crippen MR) is 169 cm³/mol. The number of carbonyl (C=O) groups is 2. The number of piperidine rings is 1. The largest absolute Gasteiger partial charge is 0.496 e. The average molecular weight is 563 g/mol. The van der Waals surface area contributed by atoms with E-state index >= 15 is 0 Å². The number of carbonyl (C=O) groups excluding carboxylic acids is 2. The van der Waals surface area contributed by atoms with Crippen LogP contribution in [0.5, 0.6) is 11.5 Å². The minimum Gasteiger partial charge on any atom is -0.496 e. The fourth-order valence-corrected chi connectivity index (χ4v) is 5.40. The van der Waals surface area contributed by atoms with E-state index in [-0.39, 0.29) is 17.8 Å². The second-order valence-electron chi connectivity index (χ2n) is 11.1. The number of anilines is 1. The smallest absolute Gasteiger partial charge is 0.221 e. The molecule has 0 radical (unpaired) electrons. The number of hydrogen-bond donors (Lipinski definition) is 1. The van der Waals surface area contributed by atoms with Gasteiger partial charge in [-0.3, -0.25) is 9.59 Å². The summed E-state index contributed by atoms with van der Waals surface area (Å²) >= 11 is 0. The van der Waals surface area contributed by atoms with Crippen LogP contribution in [0.15, 0.2) is 84.9 Å². The molecule has 4 aromatic rings. The molecule has 1 amide bonds. The van der Waals surface area contributed by atoms with Gasteiger partial charge in [0.1, 0.15) is 17.6 Å². The van der Waals surface area contributed by atoms with E-state index in [1.807, 2.05) is 85.8 Å². The standard InChI is InChI=1S/C36H38N2O4/c1-24-6-5-7-29(20-24)32-22-30(13-14-35(32)41-4)34(40)21-26-8-10-27(11-9-26)28-12-15-36(33(23-28)37-25(2)39)42-31-16-18-38(3)19-17-31/h5-15,20,22-23,31H,16-19,21H2,1-4H3,(H,37,39). The first kappa shape index (κ1) is 29.1. The van der Waals surface area contributed by atoms with Gasteiger partial charge in [-0.2, -0.15) is 0 Å². The molecule has 0 atom stereocenters. The Hall–Kier alpha value is -4.42. The van der Waals surface area contributed by atoms with Crippen LogP contribution in [0.1, 0.15) is 41.3 Å². The second kappa shape index (κ2) is 13.0. The van der Waals surface area contributed by atoms with Gasteiger partial charge in [0.2, 0.25) is 5.91 Å². The van der Waals surface area contributed by atoms with Crippen molar-refractivity contribution in [2.24, 2.45) is 0 Å². The molecule has 1 fully saturated rings. The second-order valence-corrected chi connectivity index (χ2v) is 11.1. The Labute approximate surface area is 248 Å². The maximum Gasteiger partial charge on any atom is 0.221 e. The molecule has 1 heterocycles. The van der Waals surface area contributed by atoms with E-state index in [4.69, 9.17) is 9.47 Å². The van der Waals surface area contributed by atoms with Gasteiger partial charge < -0.3 is 19.7 Å². The van der Waals surface area contributed by atoms with Crippen LogP contribution >= 0.6 is 0 Å². The molecule has 0 unspecified atom stereocenters. The van der Waals surface area contributed by atoms with Gasteiger partial charge in [-0.25, -0.2) is 0 Å². The molecule has 216 valence electrons. The number of ketones is 1. The van der Waals surface area contributed by atoms with Gasteiger partial charge in [-0.05, 0) is 79.4 Å². The number of hydrogen-bond acceptors (Lipinski definition) is 5. The van der Waals surface area contributed by atoms with Crippen LogP contribution in [0.2, 0.25) is 0 Å². The molecule has 6 heteroatoms. The van der Waals surface area contributed by atoms with E-state index in [0.717, 1.165) is 65.1 Å². The summed E-state index contributed by atoms with van der Waals surface area (Å²) in [6, 6.07) is 27.7. The summed E-state index contributed by atoms with van der Waals surface area (Å²) in [4.78, 5) is 27.5. The number of benzene rings is 4. The Morgan fingerprint density at radius 1 is 0.857 bits per heavy atom. The number of aryl methyl sites for hydroxylation is 1. The molecule has 4 aromatic carbocycles. The molecule has 0 aromatic heterocycles. The lowest BCUT2D eigenvalue weighted by atomic mass is 9.96.